The summed E-state index contributed by atoms with van der Waals surface area (Å²) >= 11 is 5.35. The van der Waals surface area contributed by atoms with Gasteiger partial charge in [-0.3, -0.25) is 0 Å². The largest absolute Gasteiger partial charge is 0.497 e. The second-order valence-electron chi connectivity index (χ2n) is 5.56. The van der Waals surface area contributed by atoms with E-state index in [4.69, 9.17) is 31.2 Å². The first-order valence-electron chi connectivity index (χ1n) is 8.12. The number of methoxy groups -OCH3 is 3. The Morgan fingerprint density at radius 1 is 0.923 bits per heavy atom. The van der Waals surface area contributed by atoms with Gasteiger partial charge in [0.05, 0.1) is 27.4 Å². The van der Waals surface area contributed by atoms with Crippen molar-refractivity contribution in [2.45, 2.75) is 13.0 Å². The standard InChI is InChI=1S/C19H24N2O4S/c1-13(12-25-16-8-6-15(22-2)7-9-16)20-19(26)21-14-5-10-17(23-3)18(11-14)24-4/h5-11,13H,12H2,1-4H3,(H2,20,21,26). The van der Waals surface area contributed by atoms with Crippen molar-refractivity contribution in [1.82, 2.24) is 5.32 Å². The lowest BCUT2D eigenvalue weighted by molar-refractivity contribution is 0.286. The summed E-state index contributed by atoms with van der Waals surface area (Å²) in [5.41, 5.74) is 0.809. The van der Waals surface area contributed by atoms with Crippen LogP contribution in [0.15, 0.2) is 42.5 Å². The van der Waals surface area contributed by atoms with Crippen molar-refractivity contribution in [1.29, 1.82) is 0 Å². The first kappa shape index (κ1) is 19.7. The highest BCUT2D eigenvalue weighted by Gasteiger charge is 2.08. The fourth-order valence-electron chi connectivity index (χ4n) is 2.24. The number of nitrogens with one attached hydrogen (secondary N) is 2. The van der Waals surface area contributed by atoms with Gasteiger partial charge in [0.1, 0.15) is 18.1 Å². The van der Waals surface area contributed by atoms with E-state index in [2.05, 4.69) is 10.6 Å². The summed E-state index contributed by atoms with van der Waals surface area (Å²) in [7, 11) is 4.83. The molecule has 2 rings (SSSR count). The van der Waals surface area contributed by atoms with Crippen LogP contribution in [-0.4, -0.2) is 39.1 Å². The molecule has 0 aliphatic carbocycles. The molecule has 0 spiro atoms. The van der Waals surface area contributed by atoms with E-state index in [1.165, 1.54) is 0 Å². The molecule has 2 aromatic carbocycles. The first-order chi connectivity index (χ1) is 12.5. The van der Waals surface area contributed by atoms with E-state index in [9.17, 15) is 0 Å². The number of hydrogen-bond donors (Lipinski definition) is 2. The third kappa shape index (κ3) is 5.70. The van der Waals surface area contributed by atoms with E-state index in [-0.39, 0.29) is 6.04 Å². The van der Waals surface area contributed by atoms with Crippen molar-refractivity contribution in [3.05, 3.63) is 42.5 Å². The normalized spacial score (nSPS) is 11.2. The number of anilines is 1. The van der Waals surface area contributed by atoms with E-state index >= 15 is 0 Å². The van der Waals surface area contributed by atoms with Crippen LogP contribution in [0.3, 0.4) is 0 Å². The minimum absolute atomic E-state index is 0.0252. The summed E-state index contributed by atoms with van der Waals surface area (Å²) < 4.78 is 21.4. The molecule has 26 heavy (non-hydrogen) atoms. The molecule has 2 N–H and O–H groups in total. The van der Waals surface area contributed by atoms with E-state index in [1.54, 1.807) is 21.3 Å². The minimum Gasteiger partial charge on any atom is -0.497 e. The third-order valence-corrected chi connectivity index (χ3v) is 3.80. The van der Waals surface area contributed by atoms with E-state index in [0.29, 0.717) is 23.2 Å². The maximum absolute atomic E-state index is 5.74. The summed E-state index contributed by atoms with van der Waals surface area (Å²) in [4.78, 5) is 0. The second-order valence-corrected chi connectivity index (χ2v) is 5.96. The molecule has 140 valence electrons. The topological polar surface area (TPSA) is 61.0 Å². The van der Waals surface area contributed by atoms with Gasteiger partial charge in [-0.1, -0.05) is 0 Å². The Kier molecular flexibility index (Phi) is 7.35. The lowest BCUT2D eigenvalue weighted by Gasteiger charge is -2.18. The Morgan fingerprint density at radius 2 is 1.58 bits per heavy atom. The third-order valence-electron chi connectivity index (χ3n) is 3.58. The highest BCUT2D eigenvalue weighted by Crippen LogP contribution is 2.29. The van der Waals surface area contributed by atoms with Gasteiger partial charge < -0.3 is 29.6 Å². The molecule has 6 nitrogen and oxygen atoms in total. The molecule has 1 unspecified atom stereocenters. The molecular weight excluding hydrogens is 352 g/mol. The maximum Gasteiger partial charge on any atom is 0.171 e. The molecule has 2 aromatic rings. The Bertz CT molecular complexity index is 722. The molecule has 0 bridgehead atoms. The smallest absolute Gasteiger partial charge is 0.171 e. The van der Waals surface area contributed by atoms with Crippen LogP contribution in [0, 0.1) is 0 Å². The molecule has 0 radical (unpaired) electrons. The van der Waals surface area contributed by atoms with Crippen molar-refractivity contribution in [3.63, 3.8) is 0 Å². The molecule has 0 saturated carbocycles. The van der Waals surface area contributed by atoms with Crippen molar-refractivity contribution in [2.24, 2.45) is 0 Å². The summed E-state index contributed by atoms with van der Waals surface area (Å²) in [6, 6.07) is 13.0. The minimum atomic E-state index is 0.0252. The number of rotatable bonds is 8. The predicted octanol–water partition coefficient (Wildman–Crippen LogP) is 3.47. The summed E-state index contributed by atoms with van der Waals surface area (Å²) in [5.74, 6) is 2.87. The van der Waals surface area contributed by atoms with Gasteiger partial charge in [0, 0.05) is 11.8 Å². The predicted molar refractivity (Wildman–Crippen MR) is 107 cm³/mol. The molecule has 7 heteroatoms. The number of benzene rings is 2. The molecule has 0 aliphatic heterocycles. The zero-order chi connectivity index (χ0) is 18.9. The maximum atomic E-state index is 5.74. The molecule has 0 heterocycles. The Hall–Kier alpha value is -2.67. The van der Waals surface area contributed by atoms with Crippen molar-refractivity contribution >= 4 is 23.0 Å². The quantitative estimate of drug-likeness (QED) is 0.684. The Morgan fingerprint density at radius 3 is 2.19 bits per heavy atom. The van der Waals surface area contributed by atoms with Crippen LogP contribution in [-0.2, 0) is 0 Å². The van der Waals surface area contributed by atoms with Gasteiger partial charge in [-0.25, -0.2) is 0 Å². The molecular formula is C19H24N2O4S. The lowest BCUT2D eigenvalue weighted by atomic mass is 10.2. The SMILES string of the molecule is COc1ccc(OCC(C)NC(=S)Nc2ccc(OC)c(OC)c2)cc1. The average molecular weight is 376 g/mol. The van der Waals surface area contributed by atoms with Crippen molar-refractivity contribution < 1.29 is 18.9 Å². The first-order valence-corrected chi connectivity index (χ1v) is 8.53. The van der Waals surface area contributed by atoms with Crippen LogP contribution in [0.2, 0.25) is 0 Å². The Labute approximate surface area is 159 Å². The van der Waals surface area contributed by atoms with Gasteiger partial charge in [-0.2, -0.15) is 0 Å². The molecule has 0 aromatic heterocycles. The van der Waals surface area contributed by atoms with Crippen LogP contribution < -0.4 is 29.6 Å². The van der Waals surface area contributed by atoms with Crippen LogP contribution in [0.25, 0.3) is 0 Å². The fraction of sp³-hybridized carbons (Fsp3) is 0.316. The molecule has 0 saturated heterocycles. The van der Waals surface area contributed by atoms with Gasteiger partial charge in [0.25, 0.3) is 0 Å². The van der Waals surface area contributed by atoms with Crippen molar-refractivity contribution in [2.75, 3.05) is 33.3 Å². The van der Waals surface area contributed by atoms with E-state index in [1.807, 2.05) is 49.4 Å². The second kappa shape index (κ2) is 9.72. The average Bonchev–Trinajstić information content (AvgIpc) is 2.66. The van der Waals surface area contributed by atoms with Gasteiger partial charge >= 0.3 is 0 Å². The van der Waals surface area contributed by atoms with Gasteiger partial charge in [-0.15, -0.1) is 0 Å². The highest BCUT2D eigenvalue weighted by atomic mass is 32.1. The van der Waals surface area contributed by atoms with Gasteiger partial charge in [0.15, 0.2) is 16.6 Å². The molecule has 1 atom stereocenters. The van der Waals surface area contributed by atoms with Gasteiger partial charge in [0.2, 0.25) is 0 Å². The zero-order valence-electron chi connectivity index (χ0n) is 15.4. The number of thiocarbonyl (C=S) groups is 1. The summed E-state index contributed by atoms with van der Waals surface area (Å²) in [5, 5.41) is 6.81. The summed E-state index contributed by atoms with van der Waals surface area (Å²) in [6.07, 6.45) is 0. The molecule has 0 aliphatic rings. The lowest BCUT2D eigenvalue weighted by Crippen LogP contribution is -2.39. The fourth-order valence-corrected chi connectivity index (χ4v) is 2.56. The van der Waals surface area contributed by atoms with Crippen LogP contribution in [0.4, 0.5) is 5.69 Å². The van der Waals surface area contributed by atoms with E-state index < -0.39 is 0 Å². The molecule has 0 amide bonds. The zero-order valence-corrected chi connectivity index (χ0v) is 16.2. The van der Waals surface area contributed by atoms with Crippen LogP contribution in [0.5, 0.6) is 23.0 Å². The monoisotopic (exact) mass is 376 g/mol. The van der Waals surface area contributed by atoms with Crippen LogP contribution >= 0.6 is 12.2 Å². The summed E-state index contributed by atoms with van der Waals surface area (Å²) in [6.45, 7) is 2.46. The highest BCUT2D eigenvalue weighted by molar-refractivity contribution is 7.80. The van der Waals surface area contributed by atoms with Gasteiger partial charge in [-0.05, 0) is 55.5 Å². The number of hydrogen-bond acceptors (Lipinski definition) is 5. The van der Waals surface area contributed by atoms with Crippen molar-refractivity contribution in [3.8, 4) is 23.0 Å². The van der Waals surface area contributed by atoms with Crippen LogP contribution in [0.1, 0.15) is 6.92 Å². The number of ether oxygens (including phenoxy) is 4. The molecule has 0 fully saturated rings. The van der Waals surface area contributed by atoms with E-state index in [0.717, 1.165) is 17.2 Å². The Balaban J connectivity index is 1.82.